The third-order valence-corrected chi connectivity index (χ3v) is 6.57. The first kappa shape index (κ1) is 22.3. The predicted molar refractivity (Wildman–Crippen MR) is 126 cm³/mol. The van der Waals surface area contributed by atoms with E-state index in [0.717, 1.165) is 36.3 Å². The van der Waals surface area contributed by atoms with Gasteiger partial charge in [-0.05, 0) is 43.4 Å². The lowest BCUT2D eigenvalue weighted by Crippen LogP contribution is -2.54. The van der Waals surface area contributed by atoms with Crippen LogP contribution in [0.3, 0.4) is 0 Å². The molecule has 2 heterocycles. The first-order valence-corrected chi connectivity index (χ1v) is 11.6. The second kappa shape index (κ2) is 9.70. The van der Waals surface area contributed by atoms with Crippen LogP contribution in [-0.2, 0) is 16.0 Å². The fourth-order valence-electron chi connectivity index (χ4n) is 4.67. The molecule has 168 valence electrons. The zero-order valence-corrected chi connectivity index (χ0v) is 19.3. The van der Waals surface area contributed by atoms with Crippen LogP contribution in [0.25, 0.3) is 11.1 Å². The van der Waals surface area contributed by atoms with Gasteiger partial charge in [0.2, 0.25) is 5.91 Å². The van der Waals surface area contributed by atoms with Crippen LogP contribution in [0.4, 0.5) is 5.82 Å². The number of hydrogen-bond donors (Lipinski definition) is 0. The Balaban J connectivity index is 1.65. The Labute approximate surface area is 190 Å². The molecular formula is C26H32N4O2. The molecule has 32 heavy (non-hydrogen) atoms. The number of methoxy groups -OCH3 is 1. The van der Waals surface area contributed by atoms with Gasteiger partial charge < -0.3 is 14.5 Å². The molecule has 0 N–H and O–H groups in total. The lowest BCUT2D eigenvalue weighted by Gasteiger charge is -2.41. The zero-order valence-electron chi connectivity index (χ0n) is 19.3. The van der Waals surface area contributed by atoms with Crippen LogP contribution in [0.5, 0.6) is 0 Å². The maximum Gasteiger partial charge on any atom is 0.225 e. The molecule has 6 heteroatoms. The van der Waals surface area contributed by atoms with Crippen LogP contribution < -0.4 is 4.90 Å². The number of amides is 1. The first-order valence-electron chi connectivity index (χ1n) is 11.6. The average Bonchev–Trinajstić information content (AvgIpc) is 3.67. The van der Waals surface area contributed by atoms with E-state index in [1.165, 1.54) is 11.1 Å². The van der Waals surface area contributed by atoms with Gasteiger partial charge in [0.05, 0.1) is 24.3 Å². The van der Waals surface area contributed by atoms with Crippen molar-refractivity contribution in [2.45, 2.75) is 51.5 Å². The van der Waals surface area contributed by atoms with Crippen LogP contribution in [0.15, 0.2) is 30.3 Å². The summed E-state index contributed by atoms with van der Waals surface area (Å²) in [5, 5.41) is 10.0. The molecule has 2 fully saturated rings. The summed E-state index contributed by atoms with van der Waals surface area (Å²) >= 11 is 0. The molecule has 0 bridgehead atoms. The van der Waals surface area contributed by atoms with E-state index < -0.39 is 0 Å². The summed E-state index contributed by atoms with van der Waals surface area (Å²) in [5.41, 5.74) is 5.30. The highest BCUT2D eigenvalue weighted by atomic mass is 16.5. The number of nitrogens with zero attached hydrogens (tertiary/aromatic N) is 4. The Morgan fingerprint density at radius 1 is 1.25 bits per heavy atom. The largest absolute Gasteiger partial charge is 0.384 e. The summed E-state index contributed by atoms with van der Waals surface area (Å²) in [7, 11) is 1.61. The van der Waals surface area contributed by atoms with Gasteiger partial charge >= 0.3 is 0 Å². The monoisotopic (exact) mass is 432 g/mol. The molecule has 1 aromatic carbocycles. The lowest BCUT2D eigenvalue weighted by molar-refractivity contribution is -0.134. The number of aryl methyl sites for hydroxylation is 1. The molecule has 2 aliphatic rings. The molecule has 1 amide bonds. The van der Waals surface area contributed by atoms with Gasteiger partial charge in [0.25, 0.3) is 0 Å². The van der Waals surface area contributed by atoms with Gasteiger partial charge in [0, 0.05) is 44.3 Å². The smallest absolute Gasteiger partial charge is 0.225 e. The fourth-order valence-corrected chi connectivity index (χ4v) is 4.67. The normalized spacial score (nSPS) is 18.5. The summed E-state index contributed by atoms with van der Waals surface area (Å²) in [4.78, 5) is 21.7. The van der Waals surface area contributed by atoms with E-state index in [4.69, 9.17) is 9.72 Å². The van der Waals surface area contributed by atoms with Crippen LogP contribution in [0, 0.1) is 11.3 Å². The number of ether oxygens (including phenoxy) is 1. The van der Waals surface area contributed by atoms with Gasteiger partial charge in [0.1, 0.15) is 11.9 Å². The minimum atomic E-state index is 0.0614. The average molecular weight is 433 g/mol. The zero-order chi connectivity index (χ0) is 22.7. The summed E-state index contributed by atoms with van der Waals surface area (Å²) in [6.45, 7) is 6.66. The molecule has 1 aromatic heterocycles. The Morgan fingerprint density at radius 2 is 2.03 bits per heavy atom. The molecule has 1 unspecified atom stereocenters. The highest BCUT2D eigenvalue weighted by Gasteiger charge is 2.33. The van der Waals surface area contributed by atoms with Crippen molar-refractivity contribution in [2.24, 2.45) is 0 Å². The van der Waals surface area contributed by atoms with E-state index in [9.17, 15) is 10.1 Å². The van der Waals surface area contributed by atoms with Crippen molar-refractivity contribution >= 4 is 11.7 Å². The van der Waals surface area contributed by atoms with Crippen molar-refractivity contribution in [1.82, 2.24) is 9.88 Å². The molecule has 4 rings (SSSR count). The highest BCUT2D eigenvalue weighted by Crippen LogP contribution is 2.45. The molecule has 1 aliphatic carbocycles. The molecule has 1 saturated carbocycles. The van der Waals surface area contributed by atoms with Gasteiger partial charge in [0.15, 0.2) is 0 Å². The molecule has 2 aromatic rings. The number of hydrogen-bond acceptors (Lipinski definition) is 5. The number of pyridine rings is 1. The molecular weight excluding hydrogens is 400 g/mol. The van der Waals surface area contributed by atoms with Crippen LogP contribution in [0.1, 0.15) is 55.8 Å². The summed E-state index contributed by atoms with van der Waals surface area (Å²) in [5.74, 6) is 1.36. The van der Waals surface area contributed by atoms with Gasteiger partial charge in [-0.15, -0.1) is 0 Å². The summed E-state index contributed by atoms with van der Waals surface area (Å²) in [6.07, 6.45) is 3.65. The predicted octanol–water partition coefficient (Wildman–Crippen LogP) is 4.13. The number of rotatable bonds is 7. The van der Waals surface area contributed by atoms with Crippen molar-refractivity contribution < 1.29 is 9.53 Å². The second-order valence-corrected chi connectivity index (χ2v) is 8.81. The Bertz CT molecular complexity index is 1020. The standard InChI is InChI=1S/C26H32N4O2/c1-4-19-7-5-6-8-22(19)23-15-21(16-27)26(28-25(23)20-9-10-20)29-12-13-30(18(2)17-29)24(31)11-14-32-3/h5-8,15,18,20H,4,9-14,17H2,1-3H3. The molecule has 1 atom stereocenters. The molecule has 1 aliphatic heterocycles. The minimum absolute atomic E-state index is 0.0614. The molecule has 0 spiro atoms. The van der Waals surface area contributed by atoms with Crippen LogP contribution in [0.2, 0.25) is 0 Å². The summed E-state index contributed by atoms with van der Waals surface area (Å²) < 4.78 is 5.06. The molecule has 0 radical (unpaired) electrons. The summed E-state index contributed by atoms with van der Waals surface area (Å²) in [6, 6.07) is 13.0. The fraction of sp³-hybridized carbons (Fsp3) is 0.500. The first-order chi connectivity index (χ1) is 15.6. The van der Waals surface area contributed by atoms with E-state index >= 15 is 0 Å². The number of aromatic nitrogens is 1. The third-order valence-electron chi connectivity index (χ3n) is 6.57. The van der Waals surface area contributed by atoms with Crippen molar-refractivity contribution in [1.29, 1.82) is 5.26 Å². The topological polar surface area (TPSA) is 69.5 Å². The van der Waals surface area contributed by atoms with E-state index in [-0.39, 0.29) is 11.9 Å². The van der Waals surface area contributed by atoms with Gasteiger partial charge in [-0.2, -0.15) is 5.26 Å². The quantitative estimate of drug-likeness (QED) is 0.658. The maximum atomic E-state index is 12.5. The van der Waals surface area contributed by atoms with Gasteiger partial charge in [-0.1, -0.05) is 31.2 Å². The number of piperazine rings is 1. The van der Waals surface area contributed by atoms with Crippen molar-refractivity contribution in [3.63, 3.8) is 0 Å². The van der Waals surface area contributed by atoms with E-state index in [1.807, 2.05) is 11.0 Å². The second-order valence-electron chi connectivity index (χ2n) is 8.81. The van der Waals surface area contributed by atoms with Gasteiger partial charge in [-0.3, -0.25) is 4.79 Å². The van der Waals surface area contributed by atoms with Crippen molar-refractivity contribution in [3.05, 3.63) is 47.2 Å². The SMILES string of the molecule is CCc1ccccc1-c1cc(C#N)c(N2CCN(C(=O)CCOC)C(C)C2)nc1C1CC1. The van der Waals surface area contributed by atoms with Crippen LogP contribution in [-0.4, -0.2) is 55.2 Å². The number of carbonyl (C=O) groups excluding carboxylic acids is 1. The van der Waals surface area contributed by atoms with E-state index in [2.05, 4.69) is 49.1 Å². The number of carbonyl (C=O) groups is 1. The minimum Gasteiger partial charge on any atom is -0.384 e. The van der Waals surface area contributed by atoms with E-state index in [0.29, 0.717) is 44.1 Å². The Hall–Kier alpha value is -2.91. The van der Waals surface area contributed by atoms with Crippen molar-refractivity contribution in [3.8, 4) is 17.2 Å². The third kappa shape index (κ3) is 4.49. The lowest BCUT2D eigenvalue weighted by atomic mass is 9.94. The number of nitriles is 1. The Kier molecular flexibility index (Phi) is 6.76. The molecule has 6 nitrogen and oxygen atoms in total. The van der Waals surface area contributed by atoms with Crippen molar-refractivity contribution in [2.75, 3.05) is 38.3 Å². The Morgan fingerprint density at radius 3 is 2.69 bits per heavy atom. The molecule has 1 saturated heterocycles. The number of benzene rings is 1. The number of anilines is 1. The van der Waals surface area contributed by atoms with Gasteiger partial charge in [-0.25, -0.2) is 4.98 Å². The van der Waals surface area contributed by atoms with Crippen LogP contribution >= 0.6 is 0 Å². The maximum absolute atomic E-state index is 12.5. The van der Waals surface area contributed by atoms with E-state index in [1.54, 1.807) is 7.11 Å². The highest BCUT2D eigenvalue weighted by molar-refractivity contribution is 5.77.